The van der Waals surface area contributed by atoms with Crippen molar-refractivity contribution in [2.24, 2.45) is 0 Å². The van der Waals surface area contributed by atoms with Gasteiger partial charge < -0.3 is 4.90 Å². The first-order chi connectivity index (χ1) is 8.71. The summed E-state index contributed by atoms with van der Waals surface area (Å²) in [7, 11) is 0. The predicted molar refractivity (Wildman–Crippen MR) is 77.3 cm³/mol. The summed E-state index contributed by atoms with van der Waals surface area (Å²) in [6, 6.07) is 10.2. The second kappa shape index (κ2) is 7.70. The standard InChI is InChI=1S/C16H23NO/c1-4-14(12-15-10-8-7-9-11-15)13-16(18)17(5-2)6-3/h7-12H,4-6,13H2,1-3H3/b14-12-. The van der Waals surface area contributed by atoms with Crippen LogP contribution < -0.4 is 0 Å². The van der Waals surface area contributed by atoms with Crippen LogP contribution in [-0.2, 0) is 4.79 Å². The Morgan fingerprint density at radius 1 is 1.11 bits per heavy atom. The fraction of sp³-hybridized carbons (Fsp3) is 0.438. The zero-order valence-electron chi connectivity index (χ0n) is 11.6. The Morgan fingerprint density at radius 2 is 1.72 bits per heavy atom. The summed E-state index contributed by atoms with van der Waals surface area (Å²) >= 11 is 0. The fourth-order valence-electron chi connectivity index (χ4n) is 1.95. The van der Waals surface area contributed by atoms with Crippen LogP contribution in [0.2, 0.25) is 0 Å². The molecule has 0 aliphatic carbocycles. The summed E-state index contributed by atoms with van der Waals surface area (Å²) in [5.41, 5.74) is 2.36. The van der Waals surface area contributed by atoms with Crippen molar-refractivity contribution in [1.82, 2.24) is 4.90 Å². The molecule has 0 spiro atoms. The number of hydrogen-bond donors (Lipinski definition) is 0. The minimum atomic E-state index is 0.226. The lowest BCUT2D eigenvalue weighted by Crippen LogP contribution is -2.30. The largest absolute Gasteiger partial charge is 0.343 e. The molecule has 1 aromatic carbocycles. The van der Waals surface area contributed by atoms with Gasteiger partial charge in [-0.25, -0.2) is 0 Å². The molecule has 0 radical (unpaired) electrons. The molecule has 1 amide bonds. The van der Waals surface area contributed by atoms with Gasteiger partial charge in [-0.1, -0.05) is 48.9 Å². The number of hydrogen-bond acceptors (Lipinski definition) is 1. The molecule has 2 heteroatoms. The molecule has 0 saturated carbocycles. The van der Waals surface area contributed by atoms with Crippen LogP contribution in [0.25, 0.3) is 6.08 Å². The van der Waals surface area contributed by atoms with E-state index in [0.29, 0.717) is 6.42 Å². The Balaban J connectivity index is 2.73. The van der Waals surface area contributed by atoms with E-state index in [9.17, 15) is 4.79 Å². The van der Waals surface area contributed by atoms with Crippen molar-refractivity contribution in [3.8, 4) is 0 Å². The van der Waals surface area contributed by atoms with Crippen LogP contribution in [-0.4, -0.2) is 23.9 Å². The summed E-state index contributed by atoms with van der Waals surface area (Å²) in [5, 5.41) is 0. The second-order valence-electron chi connectivity index (χ2n) is 4.31. The van der Waals surface area contributed by atoms with Crippen molar-refractivity contribution in [3.63, 3.8) is 0 Å². The molecule has 0 saturated heterocycles. The van der Waals surface area contributed by atoms with E-state index in [1.54, 1.807) is 0 Å². The van der Waals surface area contributed by atoms with Gasteiger partial charge >= 0.3 is 0 Å². The van der Waals surface area contributed by atoms with E-state index in [1.807, 2.05) is 36.9 Å². The van der Waals surface area contributed by atoms with Crippen LogP contribution in [0, 0.1) is 0 Å². The highest BCUT2D eigenvalue weighted by atomic mass is 16.2. The van der Waals surface area contributed by atoms with Crippen molar-refractivity contribution in [2.45, 2.75) is 33.6 Å². The van der Waals surface area contributed by atoms with Crippen molar-refractivity contribution in [1.29, 1.82) is 0 Å². The van der Waals surface area contributed by atoms with Gasteiger partial charge in [0.05, 0.1) is 0 Å². The summed E-state index contributed by atoms with van der Waals surface area (Å²) in [4.78, 5) is 13.9. The van der Waals surface area contributed by atoms with Gasteiger partial charge in [0, 0.05) is 19.5 Å². The van der Waals surface area contributed by atoms with Gasteiger partial charge in [0.2, 0.25) is 5.91 Å². The third-order valence-corrected chi connectivity index (χ3v) is 3.12. The molecule has 1 aromatic rings. The number of carbonyl (C=O) groups excluding carboxylic acids is 1. The van der Waals surface area contributed by atoms with Crippen LogP contribution in [0.15, 0.2) is 35.9 Å². The third-order valence-electron chi connectivity index (χ3n) is 3.12. The smallest absolute Gasteiger partial charge is 0.226 e. The molecular weight excluding hydrogens is 222 g/mol. The minimum Gasteiger partial charge on any atom is -0.343 e. The maximum absolute atomic E-state index is 12.0. The molecule has 0 aliphatic rings. The topological polar surface area (TPSA) is 20.3 Å². The summed E-state index contributed by atoms with van der Waals surface area (Å²) < 4.78 is 0. The van der Waals surface area contributed by atoms with E-state index in [-0.39, 0.29) is 5.91 Å². The summed E-state index contributed by atoms with van der Waals surface area (Å²) in [5.74, 6) is 0.226. The van der Waals surface area contributed by atoms with Gasteiger partial charge in [-0.3, -0.25) is 4.79 Å². The molecule has 0 aromatic heterocycles. The lowest BCUT2D eigenvalue weighted by atomic mass is 10.0. The molecule has 2 nitrogen and oxygen atoms in total. The predicted octanol–water partition coefficient (Wildman–Crippen LogP) is 3.74. The lowest BCUT2D eigenvalue weighted by Gasteiger charge is -2.19. The summed E-state index contributed by atoms with van der Waals surface area (Å²) in [6.45, 7) is 7.72. The number of carbonyl (C=O) groups is 1. The zero-order chi connectivity index (χ0) is 13.4. The first kappa shape index (κ1) is 14.5. The maximum Gasteiger partial charge on any atom is 0.226 e. The van der Waals surface area contributed by atoms with Crippen molar-refractivity contribution < 1.29 is 4.79 Å². The number of amides is 1. The molecule has 0 aliphatic heterocycles. The Bertz CT molecular complexity index is 391. The van der Waals surface area contributed by atoms with Gasteiger partial charge in [-0.2, -0.15) is 0 Å². The Labute approximate surface area is 110 Å². The molecular formula is C16H23NO. The monoisotopic (exact) mass is 245 g/mol. The van der Waals surface area contributed by atoms with Gasteiger partial charge in [0.25, 0.3) is 0 Å². The van der Waals surface area contributed by atoms with E-state index >= 15 is 0 Å². The average molecular weight is 245 g/mol. The molecule has 0 fully saturated rings. The average Bonchev–Trinajstić information content (AvgIpc) is 2.40. The van der Waals surface area contributed by atoms with Crippen LogP contribution in [0.5, 0.6) is 0 Å². The van der Waals surface area contributed by atoms with Gasteiger partial charge in [-0.05, 0) is 25.8 Å². The van der Waals surface area contributed by atoms with E-state index < -0.39 is 0 Å². The molecule has 1 rings (SSSR count). The van der Waals surface area contributed by atoms with E-state index in [1.165, 1.54) is 11.1 Å². The van der Waals surface area contributed by atoms with Crippen LogP contribution in [0.1, 0.15) is 39.2 Å². The second-order valence-corrected chi connectivity index (χ2v) is 4.31. The zero-order valence-corrected chi connectivity index (χ0v) is 11.6. The fourth-order valence-corrected chi connectivity index (χ4v) is 1.95. The van der Waals surface area contributed by atoms with Crippen LogP contribution in [0.3, 0.4) is 0 Å². The van der Waals surface area contributed by atoms with Crippen molar-refractivity contribution >= 4 is 12.0 Å². The Hall–Kier alpha value is -1.57. The van der Waals surface area contributed by atoms with E-state index in [2.05, 4.69) is 25.1 Å². The molecule has 18 heavy (non-hydrogen) atoms. The summed E-state index contributed by atoms with van der Waals surface area (Å²) in [6.07, 6.45) is 3.58. The third kappa shape index (κ3) is 4.36. The maximum atomic E-state index is 12.0. The number of rotatable bonds is 6. The Morgan fingerprint density at radius 3 is 2.22 bits per heavy atom. The molecule has 0 unspecified atom stereocenters. The minimum absolute atomic E-state index is 0.226. The lowest BCUT2D eigenvalue weighted by molar-refractivity contribution is -0.130. The van der Waals surface area contributed by atoms with E-state index in [0.717, 1.165) is 19.5 Å². The molecule has 98 valence electrons. The number of nitrogens with zero attached hydrogens (tertiary/aromatic N) is 1. The van der Waals surface area contributed by atoms with Gasteiger partial charge in [0.1, 0.15) is 0 Å². The van der Waals surface area contributed by atoms with Crippen LogP contribution >= 0.6 is 0 Å². The Kier molecular flexibility index (Phi) is 6.20. The SMILES string of the molecule is CC/C(=C/c1ccccc1)CC(=O)N(CC)CC. The van der Waals surface area contributed by atoms with Crippen molar-refractivity contribution in [3.05, 3.63) is 41.5 Å². The van der Waals surface area contributed by atoms with Crippen LogP contribution in [0.4, 0.5) is 0 Å². The first-order valence-corrected chi connectivity index (χ1v) is 6.73. The quantitative estimate of drug-likeness (QED) is 0.747. The van der Waals surface area contributed by atoms with Crippen molar-refractivity contribution in [2.75, 3.05) is 13.1 Å². The first-order valence-electron chi connectivity index (χ1n) is 6.73. The van der Waals surface area contributed by atoms with E-state index in [4.69, 9.17) is 0 Å². The molecule has 0 bridgehead atoms. The number of benzene rings is 1. The molecule has 0 N–H and O–H groups in total. The highest BCUT2D eigenvalue weighted by Gasteiger charge is 2.10. The molecule has 0 atom stereocenters. The molecule has 0 heterocycles. The highest BCUT2D eigenvalue weighted by molar-refractivity contribution is 5.80. The van der Waals surface area contributed by atoms with Gasteiger partial charge in [-0.15, -0.1) is 0 Å². The normalized spacial score (nSPS) is 11.4. The highest BCUT2D eigenvalue weighted by Crippen LogP contribution is 2.14. The van der Waals surface area contributed by atoms with Gasteiger partial charge in [0.15, 0.2) is 0 Å².